The molecule has 2 N–H and O–H groups in total. The fraction of sp³-hybridized carbons (Fsp3) is 0.906. The minimum Gasteiger partial charge on any atom is -0.460 e. The zero-order valence-electron chi connectivity index (χ0n) is 26.5. The molecule has 1 saturated carbocycles. The van der Waals surface area contributed by atoms with Crippen LogP contribution in [-0.4, -0.2) is 82.7 Å². The quantitative estimate of drug-likeness (QED) is 0.292. The van der Waals surface area contributed by atoms with E-state index in [-0.39, 0.29) is 48.3 Å². The molecule has 1 unspecified atom stereocenters. The second kappa shape index (κ2) is 14.3. The summed E-state index contributed by atoms with van der Waals surface area (Å²) in [5.41, 5.74) is 0. The third-order valence-corrected chi connectivity index (χ3v) is 9.97. The Morgan fingerprint density at radius 2 is 1.68 bits per heavy atom. The number of Topliss-reactive ketones (excluding diaryl/α,β-unsaturated/α-hetero) is 1. The summed E-state index contributed by atoms with van der Waals surface area (Å²) in [5.74, 6) is -4.73. The van der Waals surface area contributed by atoms with Crippen molar-refractivity contribution in [2.45, 2.75) is 136 Å². The van der Waals surface area contributed by atoms with Gasteiger partial charge in [0.25, 0.3) is 11.7 Å². The molecule has 0 aromatic rings. The lowest BCUT2D eigenvalue weighted by molar-refractivity contribution is -0.269. The van der Waals surface area contributed by atoms with Crippen molar-refractivity contribution in [3.63, 3.8) is 0 Å². The lowest BCUT2D eigenvalue weighted by atomic mass is 9.73. The summed E-state index contributed by atoms with van der Waals surface area (Å²) in [7, 11) is 1.64. The van der Waals surface area contributed by atoms with Gasteiger partial charge in [0, 0.05) is 19.6 Å². The van der Waals surface area contributed by atoms with Crippen LogP contribution in [0.2, 0.25) is 0 Å². The van der Waals surface area contributed by atoms with Crippen molar-refractivity contribution in [2.75, 3.05) is 13.7 Å². The standard InChI is InChI=1S/C32H55NO8/c1-18(2)25-15-13-22(7)32(38,41-25)29(35)30(36)33-16-10-9-11-24(33)31(37)40-27(19(3)4)21(6)17-23-14-12-20(5)28(39-8)26(23)34/h18-28,34,38H,9-17H2,1-8H3/t20-,21-,22-,23+,24+,25?,26+,27+,28+,32-/m1/s1. The topological polar surface area (TPSA) is 123 Å². The molecule has 9 nitrogen and oxygen atoms in total. The van der Waals surface area contributed by atoms with Crippen LogP contribution in [0, 0.1) is 35.5 Å². The Hall–Kier alpha value is -1.55. The predicted octanol–water partition coefficient (Wildman–Crippen LogP) is 4.11. The molecule has 1 amide bonds. The molecule has 0 bridgehead atoms. The van der Waals surface area contributed by atoms with E-state index in [2.05, 4.69) is 6.92 Å². The number of rotatable bonds is 10. The molecule has 2 aliphatic heterocycles. The van der Waals surface area contributed by atoms with Crippen LogP contribution in [0.15, 0.2) is 0 Å². The summed E-state index contributed by atoms with van der Waals surface area (Å²) in [6.07, 6.45) is 4.10. The van der Waals surface area contributed by atoms with Gasteiger partial charge in [-0.25, -0.2) is 4.79 Å². The van der Waals surface area contributed by atoms with Crippen molar-refractivity contribution in [2.24, 2.45) is 35.5 Å². The number of hydrogen-bond acceptors (Lipinski definition) is 8. The first-order valence-electron chi connectivity index (χ1n) is 15.9. The van der Waals surface area contributed by atoms with Gasteiger partial charge in [-0.3, -0.25) is 9.59 Å². The van der Waals surface area contributed by atoms with Crippen molar-refractivity contribution >= 4 is 17.7 Å². The molecule has 3 fully saturated rings. The van der Waals surface area contributed by atoms with Crippen LogP contribution in [-0.2, 0) is 28.6 Å². The molecule has 0 spiro atoms. The Morgan fingerprint density at radius 3 is 2.29 bits per heavy atom. The lowest BCUT2D eigenvalue weighted by Gasteiger charge is -2.43. The fourth-order valence-electron chi connectivity index (χ4n) is 7.25. The Bertz CT molecular complexity index is 908. The molecule has 3 rings (SSSR count). The number of hydrogen-bond donors (Lipinski definition) is 2. The zero-order chi connectivity index (χ0) is 30.6. The molecule has 0 aromatic heterocycles. The molecule has 236 valence electrons. The highest BCUT2D eigenvalue weighted by atomic mass is 16.6. The van der Waals surface area contributed by atoms with E-state index in [1.54, 1.807) is 14.0 Å². The Balaban J connectivity index is 1.72. The lowest BCUT2D eigenvalue weighted by Crippen LogP contribution is -2.61. The number of carbonyl (C=O) groups excluding carboxylic acids is 3. The number of carbonyl (C=O) groups is 3. The van der Waals surface area contributed by atoms with Gasteiger partial charge in [0.05, 0.1) is 18.3 Å². The summed E-state index contributed by atoms with van der Waals surface area (Å²) < 4.78 is 17.6. The number of piperidine rings is 1. The highest BCUT2D eigenvalue weighted by Gasteiger charge is 2.53. The first-order valence-corrected chi connectivity index (χ1v) is 15.9. The van der Waals surface area contributed by atoms with Gasteiger partial charge < -0.3 is 29.3 Å². The average molecular weight is 582 g/mol. The van der Waals surface area contributed by atoms with Crippen LogP contribution in [0.25, 0.3) is 0 Å². The normalized spacial score (nSPS) is 36.2. The number of aliphatic hydroxyl groups excluding tert-OH is 1. The monoisotopic (exact) mass is 581 g/mol. The van der Waals surface area contributed by atoms with Crippen molar-refractivity contribution in [1.29, 1.82) is 0 Å². The van der Waals surface area contributed by atoms with E-state index in [4.69, 9.17) is 14.2 Å². The summed E-state index contributed by atoms with van der Waals surface area (Å²) in [6.45, 7) is 14.0. The Labute approximate surface area is 246 Å². The molecule has 9 heteroatoms. The maximum Gasteiger partial charge on any atom is 0.329 e. The Kier molecular flexibility index (Phi) is 11.8. The second-order valence-electron chi connectivity index (χ2n) is 13.8. The molecule has 41 heavy (non-hydrogen) atoms. The highest BCUT2D eigenvalue weighted by Crippen LogP contribution is 2.38. The highest BCUT2D eigenvalue weighted by molar-refractivity contribution is 6.39. The van der Waals surface area contributed by atoms with E-state index >= 15 is 0 Å². The van der Waals surface area contributed by atoms with Crippen molar-refractivity contribution in [1.82, 2.24) is 4.90 Å². The Morgan fingerprint density at radius 1 is 1.00 bits per heavy atom. The van der Waals surface area contributed by atoms with Crippen LogP contribution in [0.4, 0.5) is 0 Å². The first-order chi connectivity index (χ1) is 19.2. The van der Waals surface area contributed by atoms with E-state index in [9.17, 15) is 24.6 Å². The average Bonchev–Trinajstić information content (AvgIpc) is 2.93. The van der Waals surface area contributed by atoms with Gasteiger partial charge in [-0.15, -0.1) is 0 Å². The zero-order valence-corrected chi connectivity index (χ0v) is 26.5. The number of methoxy groups -OCH3 is 1. The number of amides is 1. The van der Waals surface area contributed by atoms with E-state index in [1.807, 2.05) is 34.6 Å². The van der Waals surface area contributed by atoms with Crippen LogP contribution < -0.4 is 0 Å². The summed E-state index contributed by atoms with van der Waals surface area (Å²) >= 11 is 0. The fourth-order valence-corrected chi connectivity index (χ4v) is 7.25. The molecule has 0 aromatic carbocycles. The van der Waals surface area contributed by atoms with Gasteiger partial charge >= 0.3 is 5.97 Å². The molecule has 1 aliphatic carbocycles. The van der Waals surface area contributed by atoms with Gasteiger partial charge in [0.15, 0.2) is 0 Å². The number of ether oxygens (including phenoxy) is 3. The first kappa shape index (κ1) is 33.9. The maximum absolute atomic E-state index is 13.6. The SMILES string of the molecule is CO[C@@H]1[C@@H](O)[C@H](C[C@@H](C)[C@@H](OC(=O)[C@@H]2CCCCN2C(=O)C(=O)[C@]2(O)OC(C(C)C)CC[C@H]2C)C(C)C)CC[C@H]1C. The van der Waals surface area contributed by atoms with Crippen LogP contribution >= 0.6 is 0 Å². The minimum absolute atomic E-state index is 0.0198. The van der Waals surface area contributed by atoms with Crippen molar-refractivity contribution < 1.29 is 38.8 Å². The molecule has 10 atom stereocenters. The van der Waals surface area contributed by atoms with E-state index in [0.29, 0.717) is 32.1 Å². The summed E-state index contributed by atoms with van der Waals surface area (Å²) in [4.78, 5) is 42.0. The molecular formula is C32H55NO8. The number of likely N-dealkylation sites (tertiary alicyclic amines) is 1. The van der Waals surface area contributed by atoms with Gasteiger partial charge in [-0.1, -0.05) is 48.5 Å². The molecule has 3 aliphatic rings. The van der Waals surface area contributed by atoms with E-state index in [1.165, 1.54) is 4.90 Å². The molecule has 0 radical (unpaired) electrons. The van der Waals surface area contributed by atoms with Crippen molar-refractivity contribution in [3.05, 3.63) is 0 Å². The van der Waals surface area contributed by atoms with E-state index < -0.39 is 47.6 Å². The van der Waals surface area contributed by atoms with Crippen molar-refractivity contribution in [3.8, 4) is 0 Å². The third-order valence-electron chi connectivity index (χ3n) is 9.97. The third kappa shape index (κ3) is 7.51. The number of ketones is 1. The summed E-state index contributed by atoms with van der Waals surface area (Å²) in [5, 5.41) is 22.3. The van der Waals surface area contributed by atoms with Crippen LogP contribution in [0.1, 0.15) is 99.8 Å². The molecule has 2 heterocycles. The number of aliphatic hydroxyl groups is 2. The molecule has 2 saturated heterocycles. The van der Waals surface area contributed by atoms with E-state index in [0.717, 1.165) is 19.3 Å². The van der Waals surface area contributed by atoms with Crippen LogP contribution in [0.3, 0.4) is 0 Å². The smallest absolute Gasteiger partial charge is 0.329 e. The van der Waals surface area contributed by atoms with Gasteiger partial charge in [0.1, 0.15) is 12.1 Å². The molecular weight excluding hydrogens is 526 g/mol. The minimum atomic E-state index is -2.20. The number of nitrogens with zero attached hydrogens (tertiary/aromatic N) is 1. The largest absolute Gasteiger partial charge is 0.460 e. The second-order valence-corrected chi connectivity index (χ2v) is 13.8. The predicted molar refractivity (Wildman–Crippen MR) is 155 cm³/mol. The van der Waals surface area contributed by atoms with Crippen LogP contribution in [0.5, 0.6) is 0 Å². The maximum atomic E-state index is 13.6. The van der Waals surface area contributed by atoms with Gasteiger partial charge in [-0.2, -0.15) is 0 Å². The van der Waals surface area contributed by atoms with Gasteiger partial charge in [0.2, 0.25) is 5.79 Å². The van der Waals surface area contributed by atoms with Gasteiger partial charge in [-0.05, 0) is 81.0 Å². The number of esters is 1. The summed E-state index contributed by atoms with van der Waals surface area (Å²) in [6, 6.07) is -0.893.